The number of likely N-dealkylation sites (tertiary alicyclic amines) is 1. The van der Waals surface area contributed by atoms with E-state index in [0.717, 1.165) is 58.3 Å². The molecule has 6 heteroatoms. The van der Waals surface area contributed by atoms with Crippen molar-refractivity contribution in [3.05, 3.63) is 35.4 Å². The van der Waals surface area contributed by atoms with Gasteiger partial charge in [-0.15, -0.1) is 0 Å². The zero-order valence-corrected chi connectivity index (χ0v) is 18.7. The van der Waals surface area contributed by atoms with Gasteiger partial charge in [-0.2, -0.15) is 0 Å². The summed E-state index contributed by atoms with van der Waals surface area (Å²) in [6, 6.07) is 8.78. The molecule has 30 heavy (non-hydrogen) atoms. The first-order valence-corrected chi connectivity index (χ1v) is 11.8. The van der Waals surface area contributed by atoms with Gasteiger partial charge in [0.25, 0.3) is 0 Å². The van der Waals surface area contributed by atoms with Crippen LogP contribution in [0.4, 0.5) is 0 Å². The van der Waals surface area contributed by atoms with Crippen molar-refractivity contribution in [1.82, 2.24) is 15.5 Å². The van der Waals surface area contributed by atoms with Gasteiger partial charge in [0.05, 0.1) is 12.7 Å². The summed E-state index contributed by atoms with van der Waals surface area (Å²) in [6.45, 7) is 7.49. The number of nitrogens with zero attached hydrogens (tertiary/aromatic N) is 2. The van der Waals surface area contributed by atoms with Crippen molar-refractivity contribution in [2.45, 2.75) is 64.1 Å². The fourth-order valence-electron chi connectivity index (χ4n) is 4.19. The second-order valence-corrected chi connectivity index (χ2v) is 8.38. The van der Waals surface area contributed by atoms with Crippen LogP contribution >= 0.6 is 0 Å². The maximum absolute atomic E-state index is 5.73. The Kier molecular flexibility index (Phi) is 10.5. The zero-order chi connectivity index (χ0) is 20.9. The van der Waals surface area contributed by atoms with Crippen molar-refractivity contribution in [3.63, 3.8) is 0 Å². The summed E-state index contributed by atoms with van der Waals surface area (Å²) in [5.74, 6) is 0.846. The quantitative estimate of drug-likeness (QED) is 0.348. The van der Waals surface area contributed by atoms with E-state index < -0.39 is 0 Å². The van der Waals surface area contributed by atoms with Crippen LogP contribution in [-0.2, 0) is 22.6 Å². The lowest BCUT2D eigenvalue weighted by molar-refractivity contribution is 0.0168. The lowest BCUT2D eigenvalue weighted by Crippen LogP contribution is -2.38. The maximum Gasteiger partial charge on any atom is 0.191 e. The number of benzene rings is 1. The Morgan fingerprint density at radius 1 is 1.10 bits per heavy atom. The molecule has 2 heterocycles. The van der Waals surface area contributed by atoms with Gasteiger partial charge in [0, 0.05) is 39.9 Å². The highest BCUT2D eigenvalue weighted by Crippen LogP contribution is 2.16. The Morgan fingerprint density at radius 2 is 1.90 bits per heavy atom. The van der Waals surface area contributed by atoms with Gasteiger partial charge >= 0.3 is 0 Å². The molecule has 6 nitrogen and oxygen atoms in total. The van der Waals surface area contributed by atoms with Crippen molar-refractivity contribution in [1.29, 1.82) is 0 Å². The molecule has 2 fully saturated rings. The minimum Gasteiger partial charge on any atom is -0.379 e. The largest absolute Gasteiger partial charge is 0.379 e. The summed E-state index contributed by atoms with van der Waals surface area (Å²) in [6.07, 6.45) is 8.97. The summed E-state index contributed by atoms with van der Waals surface area (Å²) in [5.41, 5.74) is 2.77. The predicted octanol–water partition coefficient (Wildman–Crippen LogP) is 3.31. The number of nitrogens with one attached hydrogen (secondary N) is 2. The summed E-state index contributed by atoms with van der Waals surface area (Å²) in [4.78, 5) is 6.97. The molecule has 2 aliphatic rings. The topological polar surface area (TPSA) is 58.1 Å². The van der Waals surface area contributed by atoms with Gasteiger partial charge < -0.3 is 20.1 Å². The third-order valence-electron chi connectivity index (χ3n) is 5.97. The average Bonchev–Trinajstić information content (AvgIpc) is 3.16. The van der Waals surface area contributed by atoms with E-state index in [0.29, 0.717) is 6.10 Å². The molecular weight excluding hydrogens is 376 g/mol. The number of ether oxygens (including phenoxy) is 2. The highest BCUT2D eigenvalue weighted by atomic mass is 16.5. The summed E-state index contributed by atoms with van der Waals surface area (Å²) < 4.78 is 11.3. The number of hydrogen-bond acceptors (Lipinski definition) is 4. The lowest BCUT2D eigenvalue weighted by atomic mass is 10.1. The highest BCUT2D eigenvalue weighted by Gasteiger charge is 2.15. The predicted molar refractivity (Wildman–Crippen MR) is 123 cm³/mol. The van der Waals surface area contributed by atoms with Crippen molar-refractivity contribution in [2.75, 3.05) is 46.5 Å². The molecule has 2 saturated heterocycles. The first-order valence-electron chi connectivity index (χ1n) is 11.8. The molecule has 1 aromatic rings. The molecule has 2 aliphatic heterocycles. The lowest BCUT2D eigenvalue weighted by Gasteiger charge is -2.22. The van der Waals surface area contributed by atoms with E-state index in [-0.39, 0.29) is 0 Å². The Hall–Kier alpha value is -1.63. The van der Waals surface area contributed by atoms with Crippen LogP contribution in [0.15, 0.2) is 29.3 Å². The van der Waals surface area contributed by atoms with Crippen LogP contribution < -0.4 is 10.6 Å². The summed E-state index contributed by atoms with van der Waals surface area (Å²) in [5, 5.41) is 6.87. The number of aliphatic imine (C=N–C) groups is 1. The van der Waals surface area contributed by atoms with Gasteiger partial charge in [-0.1, -0.05) is 37.1 Å². The maximum atomic E-state index is 5.73. The molecule has 0 bridgehead atoms. The molecule has 2 N–H and O–H groups in total. The molecule has 0 aromatic heterocycles. The summed E-state index contributed by atoms with van der Waals surface area (Å²) in [7, 11) is 1.83. The Bertz CT molecular complexity index is 623. The van der Waals surface area contributed by atoms with Crippen molar-refractivity contribution in [3.8, 4) is 0 Å². The van der Waals surface area contributed by atoms with Crippen LogP contribution in [0.25, 0.3) is 0 Å². The van der Waals surface area contributed by atoms with Gasteiger partial charge in [-0.25, -0.2) is 0 Å². The van der Waals surface area contributed by atoms with Crippen LogP contribution in [0.2, 0.25) is 0 Å². The van der Waals surface area contributed by atoms with E-state index >= 15 is 0 Å². The minimum absolute atomic E-state index is 0.307. The van der Waals surface area contributed by atoms with Crippen LogP contribution in [0.3, 0.4) is 0 Å². The van der Waals surface area contributed by atoms with E-state index in [1.807, 2.05) is 7.05 Å². The minimum atomic E-state index is 0.307. The Morgan fingerprint density at radius 3 is 2.63 bits per heavy atom. The first-order chi connectivity index (χ1) is 14.8. The Balaban J connectivity index is 1.35. The molecule has 0 amide bonds. The van der Waals surface area contributed by atoms with Crippen LogP contribution in [-0.4, -0.2) is 63.5 Å². The molecule has 0 radical (unpaired) electrons. The van der Waals surface area contributed by atoms with Crippen molar-refractivity contribution < 1.29 is 9.47 Å². The molecule has 3 rings (SSSR count). The second kappa shape index (κ2) is 13.6. The zero-order valence-electron chi connectivity index (χ0n) is 18.7. The monoisotopic (exact) mass is 416 g/mol. The molecular formula is C24H40N4O2. The average molecular weight is 417 g/mol. The summed E-state index contributed by atoms with van der Waals surface area (Å²) >= 11 is 0. The first kappa shape index (κ1) is 23.0. The van der Waals surface area contributed by atoms with Crippen LogP contribution in [0, 0.1) is 0 Å². The number of hydrogen-bond donors (Lipinski definition) is 2. The van der Waals surface area contributed by atoms with Gasteiger partial charge in [0.1, 0.15) is 0 Å². The molecule has 1 aromatic carbocycles. The van der Waals surface area contributed by atoms with E-state index in [1.165, 1.54) is 56.3 Å². The normalized spacial score (nSPS) is 20.8. The standard InChI is InChI=1S/C24H40N4O2/c1-25-24(26-13-9-16-29-20-23-12-8-17-30-23)27-18-21-10-4-5-11-22(21)19-28-14-6-2-3-7-15-28/h4-5,10-11,23H,2-3,6-9,12-20H2,1H3,(H2,25,26,27). The molecule has 1 unspecified atom stereocenters. The third kappa shape index (κ3) is 8.25. The highest BCUT2D eigenvalue weighted by molar-refractivity contribution is 5.79. The number of guanidine groups is 1. The van der Waals surface area contributed by atoms with Gasteiger partial charge in [-0.05, 0) is 56.3 Å². The Labute approximate surface area is 182 Å². The molecule has 0 saturated carbocycles. The van der Waals surface area contributed by atoms with Crippen molar-refractivity contribution in [2.24, 2.45) is 4.99 Å². The molecule has 1 atom stereocenters. The van der Waals surface area contributed by atoms with E-state index in [1.54, 1.807) is 0 Å². The third-order valence-corrected chi connectivity index (χ3v) is 5.97. The van der Waals surface area contributed by atoms with E-state index in [2.05, 4.69) is 44.8 Å². The fourth-order valence-corrected chi connectivity index (χ4v) is 4.19. The molecule has 0 spiro atoms. The van der Waals surface area contributed by atoms with Crippen LogP contribution in [0.5, 0.6) is 0 Å². The smallest absolute Gasteiger partial charge is 0.191 e. The van der Waals surface area contributed by atoms with Crippen LogP contribution in [0.1, 0.15) is 56.1 Å². The van der Waals surface area contributed by atoms with Gasteiger partial charge in [-0.3, -0.25) is 9.89 Å². The fraction of sp³-hybridized carbons (Fsp3) is 0.708. The van der Waals surface area contributed by atoms with Gasteiger partial charge in [0.15, 0.2) is 5.96 Å². The van der Waals surface area contributed by atoms with E-state index in [4.69, 9.17) is 9.47 Å². The molecule has 168 valence electrons. The SMILES string of the molecule is CN=C(NCCCOCC1CCCO1)NCc1ccccc1CN1CCCCCC1. The van der Waals surface area contributed by atoms with Crippen molar-refractivity contribution >= 4 is 5.96 Å². The van der Waals surface area contributed by atoms with E-state index in [9.17, 15) is 0 Å². The second-order valence-electron chi connectivity index (χ2n) is 8.38. The molecule has 0 aliphatic carbocycles. The van der Waals surface area contributed by atoms with Gasteiger partial charge in [0.2, 0.25) is 0 Å². The number of rotatable bonds is 10.